The van der Waals surface area contributed by atoms with Crippen LogP contribution in [0.15, 0.2) is 0 Å². The van der Waals surface area contributed by atoms with Gasteiger partial charge in [-0.2, -0.15) is 0 Å². The molecule has 16 heavy (non-hydrogen) atoms. The molecule has 0 heterocycles. The predicted molar refractivity (Wildman–Crippen MR) is 66.2 cm³/mol. The molecule has 94 valence electrons. The summed E-state index contributed by atoms with van der Waals surface area (Å²) in [5.41, 5.74) is 0.0306. The molecule has 0 aromatic heterocycles. The number of carbonyl (C=O) groups excluding carboxylic acids is 1. The number of hydrogen-bond donors (Lipinski definition) is 0. The number of rotatable bonds is 2. The summed E-state index contributed by atoms with van der Waals surface area (Å²) in [5, 5.41) is 0. The van der Waals surface area contributed by atoms with Crippen molar-refractivity contribution in [1.29, 1.82) is 0 Å². The Morgan fingerprint density at radius 1 is 1.31 bits per heavy atom. The third-order valence-corrected chi connectivity index (χ3v) is 4.19. The van der Waals surface area contributed by atoms with Crippen LogP contribution in [0.2, 0.25) is 0 Å². The first-order chi connectivity index (χ1) is 7.29. The summed E-state index contributed by atoms with van der Waals surface area (Å²) in [6.07, 6.45) is 6.11. The molecule has 1 saturated carbocycles. The normalized spacial score (nSPS) is 25.9. The van der Waals surface area contributed by atoms with Crippen LogP contribution >= 0.6 is 0 Å². The van der Waals surface area contributed by atoms with Crippen LogP contribution in [0.3, 0.4) is 0 Å². The molecule has 1 aliphatic rings. The molecule has 1 rings (SSSR count). The lowest BCUT2D eigenvalue weighted by molar-refractivity contribution is -0.154. The van der Waals surface area contributed by atoms with E-state index in [1.165, 1.54) is 26.4 Å². The summed E-state index contributed by atoms with van der Waals surface area (Å²) in [4.78, 5) is 11.8. The molecule has 2 heteroatoms. The lowest BCUT2D eigenvalue weighted by Crippen LogP contribution is -2.35. The molecule has 1 aliphatic carbocycles. The van der Waals surface area contributed by atoms with Gasteiger partial charge in [-0.3, -0.25) is 4.79 Å². The summed E-state index contributed by atoms with van der Waals surface area (Å²) >= 11 is 0. The van der Waals surface area contributed by atoms with Gasteiger partial charge in [0.1, 0.15) is 0 Å². The number of esters is 1. The highest BCUT2D eigenvalue weighted by Gasteiger charge is 2.41. The Labute approximate surface area is 99.8 Å². The Morgan fingerprint density at radius 2 is 1.94 bits per heavy atom. The highest BCUT2D eigenvalue weighted by Crippen LogP contribution is 2.44. The van der Waals surface area contributed by atoms with Crippen LogP contribution in [0.4, 0.5) is 0 Å². The first-order valence-corrected chi connectivity index (χ1v) is 6.38. The van der Waals surface area contributed by atoms with E-state index in [4.69, 9.17) is 4.74 Å². The third-order valence-electron chi connectivity index (χ3n) is 4.19. The van der Waals surface area contributed by atoms with Gasteiger partial charge in [0.2, 0.25) is 0 Å². The highest BCUT2D eigenvalue weighted by atomic mass is 16.5. The second-order valence-corrected chi connectivity index (χ2v) is 6.52. The lowest BCUT2D eigenvalue weighted by atomic mass is 9.70. The van der Waals surface area contributed by atoms with Crippen LogP contribution in [-0.2, 0) is 9.53 Å². The van der Waals surface area contributed by atoms with Gasteiger partial charge < -0.3 is 4.74 Å². The van der Waals surface area contributed by atoms with Crippen molar-refractivity contribution in [3.05, 3.63) is 0 Å². The van der Waals surface area contributed by atoms with Crippen LogP contribution in [0.25, 0.3) is 0 Å². The molecule has 0 radical (unpaired) electrons. The Morgan fingerprint density at radius 3 is 2.50 bits per heavy atom. The average molecular weight is 226 g/mol. The quantitative estimate of drug-likeness (QED) is 0.529. The molecule has 0 amide bonds. The third kappa shape index (κ3) is 2.99. The standard InChI is InChI=1S/C14H26O2/c1-13(2)9-7-6-8-11(10-13)14(3,4)12(15)16-5/h11H,6-10H2,1-5H3. The van der Waals surface area contributed by atoms with Gasteiger partial charge in [-0.1, -0.05) is 26.7 Å². The fourth-order valence-corrected chi connectivity index (χ4v) is 2.91. The molecule has 0 bridgehead atoms. The minimum atomic E-state index is -0.337. The summed E-state index contributed by atoms with van der Waals surface area (Å²) in [6, 6.07) is 0. The maximum atomic E-state index is 11.8. The number of ether oxygens (including phenoxy) is 1. The molecule has 2 nitrogen and oxygen atoms in total. The molecule has 1 unspecified atom stereocenters. The van der Waals surface area contributed by atoms with Crippen LogP contribution in [0.1, 0.15) is 59.8 Å². The molecular formula is C14H26O2. The van der Waals surface area contributed by atoms with Gasteiger partial charge in [-0.15, -0.1) is 0 Å². The molecule has 0 saturated heterocycles. The SMILES string of the molecule is COC(=O)C(C)(C)C1CCCCC(C)(C)C1. The molecule has 0 spiro atoms. The monoisotopic (exact) mass is 226 g/mol. The van der Waals surface area contributed by atoms with E-state index in [0.717, 1.165) is 12.8 Å². The second kappa shape index (κ2) is 4.77. The summed E-state index contributed by atoms with van der Waals surface area (Å²) < 4.78 is 4.94. The zero-order chi connectivity index (χ0) is 12.4. The van der Waals surface area contributed by atoms with E-state index in [2.05, 4.69) is 13.8 Å². The van der Waals surface area contributed by atoms with E-state index >= 15 is 0 Å². The van der Waals surface area contributed by atoms with E-state index in [1.54, 1.807) is 0 Å². The molecule has 0 aromatic carbocycles. The topological polar surface area (TPSA) is 26.3 Å². The fraction of sp³-hybridized carbons (Fsp3) is 0.929. The van der Waals surface area contributed by atoms with Crippen molar-refractivity contribution in [2.75, 3.05) is 7.11 Å². The molecule has 0 N–H and O–H groups in total. The Hall–Kier alpha value is -0.530. The van der Waals surface area contributed by atoms with Crippen LogP contribution in [-0.4, -0.2) is 13.1 Å². The minimum Gasteiger partial charge on any atom is -0.469 e. The molecule has 0 aliphatic heterocycles. The van der Waals surface area contributed by atoms with E-state index in [1.807, 2.05) is 13.8 Å². The summed E-state index contributed by atoms with van der Waals surface area (Å²) in [6.45, 7) is 8.70. The molecule has 1 atom stereocenters. The number of methoxy groups -OCH3 is 1. The molecule has 1 fully saturated rings. The van der Waals surface area contributed by atoms with Crippen molar-refractivity contribution in [3.63, 3.8) is 0 Å². The zero-order valence-electron chi connectivity index (χ0n) is 11.4. The Bertz CT molecular complexity index is 253. The second-order valence-electron chi connectivity index (χ2n) is 6.52. The Balaban J connectivity index is 2.81. The first-order valence-electron chi connectivity index (χ1n) is 6.38. The fourth-order valence-electron chi connectivity index (χ4n) is 2.91. The zero-order valence-corrected chi connectivity index (χ0v) is 11.4. The predicted octanol–water partition coefficient (Wildman–Crippen LogP) is 3.79. The van der Waals surface area contributed by atoms with Crippen molar-refractivity contribution in [1.82, 2.24) is 0 Å². The number of hydrogen-bond acceptors (Lipinski definition) is 2. The molecule has 0 aromatic rings. The maximum Gasteiger partial charge on any atom is 0.311 e. The van der Waals surface area contributed by atoms with E-state index in [0.29, 0.717) is 11.3 Å². The lowest BCUT2D eigenvalue weighted by Gasteiger charge is -2.35. The highest BCUT2D eigenvalue weighted by molar-refractivity contribution is 5.76. The van der Waals surface area contributed by atoms with Crippen LogP contribution in [0.5, 0.6) is 0 Å². The van der Waals surface area contributed by atoms with Crippen molar-refractivity contribution in [3.8, 4) is 0 Å². The van der Waals surface area contributed by atoms with E-state index < -0.39 is 0 Å². The van der Waals surface area contributed by atoms with Crippen LogP contribution in [0, 0.1) is 16.7 Å². The largest absolute Gasteiger partial charge is 0.469 e. The van der Waals surface area contributed by atoms with Gasteiger partial charge in [-0.05, 0) is 44.4 Å². The van der Waals surface area contributed by atoms with Gasteiger partial charge in [0.15, 0.2) is 0 Å². The first kappa shape index (κ1) is 13.5. The van der Waals surface area contributed by atoms with Crippen molar-refractivity contribution < 1.29 is 9.53 Å². The number of carbonyl (C=O) groups is 1. The van der Waals surface area contributed by atoms with Gasteiger partial charge in [0.05, 0.1) is 12.5 Å². The summed E-state index contributed by atoms with van der Waals surface area (Å²) in [7, 11) is 1.49. The van der Waals surface area contributed by atoms with Gasteiger partial charge >= 0.3 is 5.97 Å². The van der Waals surface area contributed by atoms with Gasteiger partial charge in [-0.25, -0.2) is 0 Å². The van der Waals surface area contributed by atoms with Gasteiger partial charge in [0.25, 0.3) is 0 Å². The summed E-state index contributed by atoms with van der Waals surface area (Å²) in [5.74, 6) is 0.396. The van der Waals surface area contributed by atoms with Crippen molar-refractivity contribution >= 4 is 5.97 Å². The van der Waals surface area contributed by atoms with Crippen molar-refractivity contribution in [2.45, 2.75) is 59.8 Å². The van der Waals surface area contributed by atoms with E-state index in [9.17, 15) is 4.79 Å². The molecular weight excluding hydrogens is 200 g/mol. The van der Waals surface area contributed by atoms with Gasteiger partial charge in [0, 0.05) is 0 Å². The minimum absolute atomic E-state index is 0.0600. The van der Waals surface area contributed by atoms with E-state index in [-0.39, 0.29) is 11.4 Å². The van der Waals surface area contributed by atoms with Crippen molar-refractivity contribution in [2.24, 2.45) is 16.7 Å². The smallest absolute Gasteiger partial charge is 0.311 e. The van der Waals surface area contributed by atoms with Crippen LogP contribution < -0.4 is 0 Å². The Kier molecular flexibility index (Phi) is 4.03. The maximum absolute atomic E-state index is 11.8. The average Bonchev–Trinajstić information content (AvgIpc) is 2.38.